The van der Waals surface area contributed by atoms with Crippen molar-refractivity contribution in [1.29, 1.82) is 0 Å². The van der Waals surface area contributed by atoms with Crippen LogP contribution in [0.25, 0.3) is 0 Å². The molecule has 1 aromatic rings. The molecule has 3 rings (SSSR count). The van der Waals surface area contributed by atoms with Gasteiger partial charge < -0.3 is 0 Å². The first-order valence-corrected chi connectivity index (χ1v) is 9.57. The van der Waals surface area contributed by atoms with E-state index >= 15 is 0 Å². The molecule has 2 aliphatic heterocycles. The van der Waals surface area contributed by atoms with Gasteiger partial charge in [0.1, 0.15) is 5.82 Å². The minimum absolute atomic E-state index is 0.0456. The van der Waals surface area contributed by atoms with Crippen molar-refractivity contribution in [3.8, 4) is 0 Å². The van der Waals surface area contributed by atoms with Crippen molar-refractivity contribution in [3.63, 3.8) is 0 Å². The Bertz CT molecular complexity index is 677. The lowest BCUT2D eigenvalue weighted by molar-refractivity contribution is 0.205. The molecule has 0 bridgehead atoms. The van der Waals surface area contributed by atoms with E-state index in [1.807, 2.05) is 6.08 Å². The van der Waals surface area contributed by atoms with E-state index in [9.17, 15) is 12.8 Å². The van der Waals surface area contributed by atoms with E-state index in [0.717, 1.165) is 38.4 Å². The summed E-state index contributed by atoms with van der Waals surface area (Å²) >= 11 is 0. The lowest BCUT2D eigenvalue weighted by Crippen LogP contribution is -2.40. The summed E-state index contributed by atoms with van der Waals surface area (Å²) in [7, 11) is -3.63. The molecule has 0 unspecified atom stereocenters. The van der Waals surface area contributed by atoms with Crippen LogP contribution in [0.15, 0.2) is 41.8 Å². The molecular formula is C17H23FN2O2S. The zero-order chi connectivity index (χ0) is 16.4. The predicted molar refractivity (Wildman–Crippen MR) is 88.1 cm³/mol. The summed E-state index contributed by atoms with van der Waals surface area (Å²) in [5, 5.41) is 0. The van der Waals surface area contributed by atoms with Crippen LogP contribution in [-0.2, 0) is 10.0 Å². The molecule has 2 atom stereocenters. The molecule has 0 amide bonds. The Hall–Kier alpha value is -1.24. The first-order chi connectivity index (χ1) is 11.0. The van der Waals surface area contributed by atoms with E-state index in [1.54, 1.807) is 0 Å². The number of rotatable bonds is 4. The predicted octanol–water partition coefficient (Wildman–Crippen LogP) is 2.49. The van der Waals surface area contributed by atoms with Gasteiger partial charge in [-0.25, -0.2) is 12.8 Å². The minimum atomic E-state index is -3.63. The molecule has 6 heteroatoms. The van der Waals surface area contributed by atoms with Crippen molar-refractivity contribution in [2.75, 3.05) is 26.2 Å². The van der Waals surface area contributed by atoms with Crippen LogP contribution >= 0.6 is 0 Å². The average Bonchev–Trinajstić information content (AvgIpc) is 2.87. The van der Waals surface area contributed by atoms with Gasteiger partial charge in [-0.05, 0) is 43.5 Å². The number of hydrogen-bond donors (Lipinski definition) is 0. The number of fused-ring (bicyclic) bond motifs is 1. The highest BCUT2D eigenvalue weighted by atomic mass is 32.2. The van der Waals surface area contributed by atoms with Crippen LogP contribution in [0.5, 0.6) is 0 Å². The van der Waals surface area contributed by atoms with Gasteiger partial charge in [-0.3, -0.25) is 4.90 Å². The maximum atomic E-state index is 13.4. The molecule has 2 saturated heterocycles. The fourth-order valence-corrected chi connectivity index (χ4v) is 5.31. The van der Waals surface area contributed by atoms with Gasteiger partial charge >= 0.3 is 0 Å². The van der Waals surface area contributed by atoms with Gasteiger partial charge in [-0.15, -0.1) is 6.58 Å². The molecule has 0 spiro atoms. The Morgan fingerprint density at radius 2 is 2.13 bits per heavy atom. The molecule has 0 radical (unpaired) electrons. The van der Waals surface area contributed by atoms with Crippen LogP contribution in [0.1, 0.15) is 19.3 Å². The van der Waals surface area contributed by atoms with Gasteiger partial charge in [0.2, 0.25) is 10.0 Å². The van der Waals surface area contributed by atoms with Gasteiger partial charge in [0.05, 0.1) is 4.90 Å². The normalized spacial score (nSPS) is 26.7. The summed E-state index contributed by atoms with van der Waals surface area (Å²) in [6.45, 7) is 6.59. The molecule has 2 fully saturated rings. The first kappa shape index (κ1) is 16.6. The van der Waals surface area contributed by atoms with Crippen molar-refractivity contribution < 1.29 is 12.8 Å². The maximum absolute atomic E-state index is 13.4. The van der Waals surface area contributed by atoms with Gasteiger partial charge in [0.15, 0.2) is 0 Å². The summed E-state index contributed by atoms with van der Waals surface area (Å²) in [4.78, 5) is 2.38. The second-order valence-electron chi connectivity index (χ2n) is 6.39. The zero-order valence-electron chi connectivity index (χ0n) is 13.2. The van der Waals surface area contributed by atoms with Crippen LogP contribution < -0.4 is 0 Å². The van der Waals surface area contributed by atoms with Crippen molar-refractivity contribution in [2.24, 2.45) is 5.92 Å². The Balaban J connectivity index is 1.84. The molecule has 1 aromatic carbocycles. The van der Waals surface area contributed by atoms with Gasteiger partial charge in [-0.2, -0.15) is 4.31 Å². The number of hydrogen-bond acceptors (Lipinski definition) is 3. The summed E-state index contributed by atoms with van der Waals surface area (Å²) in [5.41, 5.74) is 0. The third kappa shape index (κ3) is 3.34. The van der Waals surface area contributed by atoms with Gasteiger partial charge in [0, 0.05) is 25.7 Å². The fourth-order valence-electron chi connectivity index (χ4n) is 3.77. The lowest BCUT2D eigenvalue weighted by atomic mass is 9.98. The molecule has 126 valence electrons. The number of nitrogens with zero attached hydrogens (tertiary/aromatic N) is 2. The van der Waals surface area contributed by atoms with E-state index in [-0.39, 0.29) is 10.9 Å². The van der Waals surface area contributed by atoms with Crippen molar-refractivity contribution in [3.05, 3.63) is 42.7 Å². The molecule has 0 saturated carbocycles. The van der Waals surface area contributed by atoms with E-state index in [0.29, 0.717) is 19.0 Å². The molecular weight excluding hydrogens is 315 g/mol. The second-order valence-corrected chi connectivity index (χ2v) is 8.32. The first-order valence-electron chi connectivity index (χ1n) is 8.13. The third-order valence-electron chi connectivity index (χ3n) is 4.91. The van der Waals surface area contributed by atoms with Crippen LogP contribution in [0.3, 0.4) is 0 Å². The molecule has 0 aliphatic carbocycles. The topological polar surface area (TPSA) is 40.6 Å². The van der Waals surface area contributed by atoms with Crippen LogP contribution in [-0.4, -0.2) is 49.8 Å². The Morgan fingerprint density at radius 3 is 2.87 bits per heavy atom. The van der Waals surface area contributed by atoms with Crippen molar-refractivity contribution in [1.82, 2.24) is 9.21 Å². The van der Waals surface area contributed by atoms with Gasteiger partial charge in [0.25, 0.3) is 0 Å². The Kier molecular flexibility index (Phi) is 4.85. The number of halogens is 1. The minimum Gasteiger partial charge on any atom is -0.295 e. The number of benzene rings is 1. The Morgan fingerprint density at radius 1 is 1.30 bits per heavy atom. The van der Waals surface area contributed by atoms with Crippen LogP contribution in [0.2, 0.25) is 0 Å². The lowest BCUT2D eigenvalue weighted by Gasteiger charge is -2.28. The molecule has 4 nitrogen and oxygen atoms in total. The summed E-state index contributed by atoms with van der Waals surface area (Å²) in [6.07, 6.45) is 5.21. The standard InChI is InChI=1S/C17H23FN2O2S/c1-2-9-19-10-4-3-6-14-12-20(13-17(14)19)23(21,22)16-8-5-7-15(18)11-16/h2,5,7-8,11,14,17H,1,3-4,6,9-10,12-13H2/t14-,17+/m0/s1. The van der Waals surface area contributed by atoms with E-state index in [4.69, 9.17) is 0 Å². The van der Waals surface area contributed by atoms with Crippen molar-refractivity contribution >= 4 is 10.0 Å². The molecule has 0 aromatic heterocycles. The van der Waals surface area contributed by atoms with E-state index in [1.165, 1.54) is 22.5 Å². The highest BCUT2D eigenvalue weighted by Gasteiger charge is 2.42. The zero-order valence-corrected chi connectivity index (χ0v) is 14.0. The van der Waals surface area contributed by atoms with E-state index in [2.05, 4.69) is 11.5 Å². The number of sulfonamides is 1. The summed E-state index contributed by atoms with van der Waals surface area (Å²) < 4.78 is 40.5. The third-order valence-corrected chi connectivity index (χ3v) is 6.74. The fraction of sp³-hybridized carbons (Fsp3) is 0.529. The summed E-state index contributed by atoms with van der Waals surface area (Å²) in [5.74, 6) is -0.173. The Labute approximate surface area is 137 Å². The molecule has 0 N–H and O–H groups in total. The molecule has 23 heavy (non-hydrogen) atoms. The largest absolute Gasteiger partial charge is 0.295 e. The highest BCUT2D eigenvalue weighted by molar-refractivity contribution is 7.89. The second kappa shape index (κ2) is 6.71. The van der Waals surface area contributed by atoms with Crippen LogP contribution in [0.4, 0.5) is 4.39 Å². The van der Waals surface area contributed by atoms with Gasteiger partial charge in [-0.1, -0.05) is 18.6 Å². The molecule has 2 heterocycles. The number of likely N-dealkylation sites (tertiary alicyclic amines) is 1. The molecule has 2 aliphatic rings. The van der Waals surface area contributed by atoms with Crippen molar-refractivity contribution in [2.45, 2.75) is 30.2 Å². The quantitative estimate of drug-likeness (QED) is 0.792. The van der Waals surface area contributed by atoms with Crippen LogP contribution in [0, 0.1) is 11.7 Å². The smallest absolute Gasteiger partial charge is 0.243 e. The maximum Gasteiger partial charge on any atom is 0.243 e. The van der Waals surface area contributed by atoms with E-state index < -0.39 is 15.8 Å². The monoisotopic (exact) mass is 338 g/mol. The summed E-state index contributed by atoms with van der Waals surface area (Å²) in [6, 6.07) is 5.51. The SMILES string of the molecule is C=CCN1CCCC[C@H]2CN(S(=O)(=O)c3cccc(F)c3)C[C@H]21. The highest BCUT2D eigenvalue weighted by Crippen LogP contribution is 2.33. The average molecular weight is 338 g/mol.